The lowest BCUT2D eigenvalue weighted by atomic mass is 10.1. The minimum absolute atomic E-state index is 0.0272. The molecular weight excluding hydrogens is 224 g/mol. The average Bonchev–Trinajstić information content (AvgIpc) is 2.57. The zero-order chi connectivity index (χ0) is 11.9. The Labute approximate surface area is 99.5 Å². The van der Waals surface area contributed by atoms with Gasteiger partial charge in [0.15, 0.2) is 9.84 Å². The minimum atomic E-state index is -2.78. The highest BCUT2D eigenvalue weighted by molar-refractivity contribution is 7.91. The third kappa shape index (κ3) is 5.85. The normalized spacial score (nSPS) is 23.7. The SMILES string of the molecule is CCCCCCCCO[C@@H]1CCS(=O)(=O)C1. The third-order valence-electron chi connectivity index (χ3n) is 3.04. The van der Waals surface area contributed by atoms with E-state index in [0.29, 0.717) is 12.2 Å². The molecule has 1 fully saturated rings. The molecule has 1 heterocycles. The lowest BCUT2D eigenvalue weighted by Gasteiger charge is -2.09. The van der Waals surface area contributed by atoms with E-state index in [2.05, 4.69) is 6.92 Å². The second kappa shape index (κ2) is 7.28. The van der Waals surface area contributed by atoms with Crippen molar-refractivity contribution in [1.29, 1.82) is 0 Å². The van der Waals surface area contributed by atoms with Gasteiger partial charge in [-0.1, -0.05) is 39.0 Å². The highest BCUT2D eigenvalue weighted by atomic mass is 32.2. The van der Waals surface area contributed by atoms with Crippen molar-refractivity contribution < 1.29 is 13.2 Å². The summed E-state index contributed by atoms with van der Waals surface area (Å²) in [6.07, 6.45) is 8.13. The maximum absolute atomic E-state index is 11.2. The van der Waals surface area contributed by atoms with E-state index in [0.717, 1.165) is 13.0 Å². The maximum Gasteiger partial charge on any atom is 0.152 e. The van der Waals surface area contributed by atoms with Gasteiger partial charge in [-0.2, -0.15) is 0 Å². The van der Waals surface area contributed by atoms with Crippen LogP contribution in [0, 0.1) is 0 Å². The first-order chi connectivity index (χ1) is 7.64. The molecule has 0 aromatic carbocycles. The van der Waals surface area contributed by atoms with Gasteiger partial charge in [0.25, 0.3) is 0 Å². The van der Waals surface area contributed by atoms with E-state index in [1.54, 1.807) is 0 Å². The molecule has 16 heavy (non-hydrogen) atoms. The first-order valence-electron chi connectivity index (χ1n) is 6.46. The molecule has 3 nitrogen and oxygen atoms in total. The Morgan fingerprint density at radius 2 is 1.81 bits per heavy atom. The predicted octanol–water partition coefficient (Wildman–Crippen LogP) is 2.55. The van der Waals surface area contributed by atoms with Crippen LogP contribution in [0.1, 0.15) is 51.9 Å². The summed E-state index contributed by atoms with van der Waals surface area (Å²) in [5, 5.41) is 0. The maximum atomic E-state index is 11.2. The van der Waals surface area contributed by atoms with Crippen molar-refractivity contribution in [1.82, 2.24) is 0 Å². The summed E-state index contributed by atoms with van der Waals surface area (Å²) in [6.45, 7) is 2.94. The fourth-order valence-electron chi connectivity index (χ4n) is 2.02. The van der Waals surface area contributed by atoms with Crippen molar-refractivity contribution in [3.05, 3.63) is 0 Å². The molecule has 0 amide bonds. The van der Waals surface area contributed by atoms with Crippen LogP contribution in [-0.2, 0) is 14.6 Å². The summed E-state index contributed by atoms with van der Waals surface area (Å²) in [4.78, 5) is 0. The van der Waals surface area contributed by atoms with Gasteiger partial charge in [-0.05, 0) is 12.8 Å². The first kappa shape index (κ1) is 14.0. The molecule has 0 aliphatic carbocycles. The zero-order valence-corrected chi connectivity index (χ0v) is 11.1. The van der Waals surface area contributed by atoms with Gasteiger partial charge >= 0.3 is 0 Å². The van der Waals surface area contributed by atoms with Crippen molar-refractivity contribution in [3.8, 4) is 0 Å². The Morgan fingerprint density at radius 3 is 2.44 bits per heavy atom. The largest absolute Gasteiger partial charge is 0.377 e. The van der Waals surface area contributed by atoms with E-state index in [-0.39, 0.29) is 11.9 Å². The molecule has 0 aromatic rings. The fraction of sp³-hybridized carbons (Fsp3) is 1.00. The summed E-state index contributed by atoms with van der Waals surface area (Å²) in [6, 6.07) is 0. The van der Waals surface area contributed by atoms with E-state index in [9.17, 15) is 8.42 Å². The standard InChI is InChI=1S/C12H24O3S/c1-2-3-4-5-6-7-9-15-12-8-10-16(13,14)11-12/h12H,2-11H2,1H3/t12-/m1/s1. The monoisotopic (exact) mass is 248 g/mol. The van der Waals surface area contributed by atoms with Gasteiger partial charge in [-0.25, -0.2) is 8.42 Å². The van der Waals surface area contributed by atoms with Crippen LogP contribution in [0.4, 0.5) is 0 Å². The fourth-order valence-corrected chi connectivity index (χ4v) is 3.64. The molecule has 0 spiro atoms. The van der Waals surface area contributed by atoms with Gasteiger partial charge in [0.05, 0.1) is 17.6 Å². The van der Waals surface area contributed by atoms with Gasteiger partial charge in [-0.3, -0.25) is 0 Å². The minimum Gasteiger partial charge on any atom is -0.377 e. The Morgan fingerprint density at radius 1 is 1.12 bits per heavy atom. The van der Waals surface area contributed by atoms with Crippen LogP contribution in [0.3, 0.4) is 0 Å². The molecular formula is C12H24O3S. The number of hydrogen-bond donors (Lipinski definition) is 0. The molecule has 0 saturated carbocycles. The molecule has 0 bridgehead atoms. The van der Waals surface area contributed by atoms with E-state index in [4.69, 9.17) is 4.74 Å². The third-order valence-corrected chi connectivity index (χ3v) is 4.78. The van der Waals surface area contributed by atoms with Crippen LogP contribution >= 0.6 is 0 Å². The Kier molecular flexibility index (Phi) is 6.36. The van der Waals surface area contributed by atoms with E-state index in [1.165, 1.54) is 32.1 Å². The molecule has 0 N–H and O–H groups in total. The summed E-state index contributed by atoms with van der Waals surface area (Å²) in [5.41, 5.74) is 0. The lowest BCUT2D eigenvalue weighted by Crippen LogP contribution is -2.15. The Balaban J connectivity index is 1.92. The number of sulfone groups is 1. The van der Waals surface area contributed by atoms with Crippen LogP contribution in [0.15, 0.2) is 0 Å². The quantitative estimate of drug-likeness (QED) is 0.620. The van der Waals surface area contributed by atoms with Crippen LogP contribution < -0.4 is 0 Å². The molecule has 1 aliphatic heterocycles. The smallest absolute Gasteiger partial charge is 0.152 e. The van der Waals surface area contributed by atoms with Gasteiger partial charge in [0.1, 0.15) is 0 Å². The van der Waals surface area contributed by atoms with Crippen molar-refractivity contribution in [2.75, 3.05) is 18.1 Å². The summed E-state index contributed by atoms with van der Waals surface area (Å²) < 4.78 is 27.9. The van der Waals surface area contributed by atoms with Crippen molar-refractivity contribution in [2.24, 2.45) is 0 Å². The first-order valence-corrected chi connectivity index (χ1v) is 8.28. The lowest BCUT2D eigenvalue weighted by molar-refractivity contribution is 0.0680. The molecule has 0 radical (unpaired) electrons. The Hall–Kier alpha value is -0.0900. The number of rotatable bonds is 8. The van der Waals surface area contributed by atoms with Crippen molar-refractivity contribution in [3.63, 3.8) is 0 Å². The van der Waals surface area contributed by atoms with Crippen LogP contribution in [0.5, 0.6) is 0 Å². The predicted molar refractivity (Wildman–Crippen MR) is 66.4 cm³/mol. The molecule has 0 aromatic heterocycles. The number of unbranched alkanes of at least 4 members (excludes halogenated alkanes) is 5. The molecule has 1 aliphatic rings. The van der Waals surface area contributed by atoms with E-state index in [1.807, 2.05) is 0 Å². The average molecular weight is 248 g/mol. The number of ether oxygens (including phenoxy) is 1. The van der Waals surface area contributed by atoms with E-state index >= 15 is 0 Å². The topological polar surface area (TPSA) is 43.4 Å². The molecule has 1 atom stereocenters. The van der Waals surface area contributed by atoms with Gasteiger partial charge in [-0.15, -0.1) is 0 Å². The second-order valence-corrected chi connectivity index (χ2v) is 6.89. The van der Waals surface area contributed by atoms with Gasteiger partial charge in [0.2, 0.25) is 0 Å². The van der Waals surface area contributed by atoms with Crippen molar-refractivity contribution in [2.45, 2.75) is 58.0 Å². The summed E-state index contributed by atoms with van der Waals surface area (Å²) >= 11 is 0. The van der Waals surface area contributed by atoms with Gasteiger partial charge in [0, 0.05) is 6.61 Å². The molecule has 1 saturated heterocycles. The highest BCUT2D eigenvalue weighted by Gasteiger charge is 2.28. The zero-order valence-electron chi connectivity index (χ0n) is 10.3. The summed E-state index contributed by atoms with van der Waals surface area (Å²) in [7, 11) is -2.78. The van der Waals surface area contributed by atoms with Crippen molar-refractivity contribution >= 4 is 9.84 Å². The van der Waals surface area contributed by atoms with E-state index < -0.39 is 9.84 Å². The molecule has 96 valence electrons. The van der Waals surface area contributed by atoms with Gasteiger partial charge < -0.3 is 4.74 Å². The van der Waals surface area contributed by atoms with Crippen LogP contribution in [0.2, 0.25) is 0 Å². The molecule has 1 rings (SSSR count). The van der Waals surface area contributed by atoms with Crippen LogP contribution in [0.25, 0.3) is 0 Å². The molecule has 4 heteroatoms. The molecule has 0 unspecified atom stereocenters. The highest BCUT2D eigenvalue weighted by Crippen LogP contribution is 2.15. The van der Waals surface area contributed by atoms with Crippen LogP contribution in [-0.4, -0.2) is 32.6 Å². The number of hydrogen-bond acceptors (Lipinski definition) is 3. The Bertz CT molecular complexity index is 272. The second-order valence-electron chi connectivity index (χ2n) is 4.66. The summed E-state index contributed by atoms with van der Waals surface area (Å²) in [5.74, 6) is 0.553.